The molecule has 0 saturated carbocycles. The summed E-state index contributed by atoms with van der Waals surface area (Å²) in [6.07, 6.45) is 0. The first-order valence-electron chi connectivity index (χ1n) is 8.70. The van der Waals surface area contributed by atoms with E-state index in [-0.39, 0.29) is 0 Å². The third-order valence-electron chi connectivity index (χ3n) is 4.24. The zero-order chi connectivity index (χ0) is 19.4. The van der Waals surface area contributed by atoms with Crippen molar-refractivity contribution < 1.29 is 14.3 Å². The van der Waals surface area contributed by atoms with Crippen molar-refractivity contribution in [2.45, 2.75) is 27.4 Å². The molecule has 0 bridgehead atoms. The molecule has 0 fully saturated rings. The van der Waals surface area contributed by atoms with Gasteiger partial charge in [0.05, 0.1) is 5.56 Å². The van der Waals surface area contributed by atoms with E-state index in [0.29, 0.717) is 22.9 Å². The molecule has 0 amide bonds. The average molecular weight is 381 g/mol. The van der Waals surface area contributed by atoms with Crippen LogP contribution in [0.15, 0.2) is 60.7 Å². The normalized spacial score (nSPS) is 10.5. The van der Waals surface area contributed by atoms with Crippen LogP contribution >= 0.6 is 11.6 Å². The molecule has 3 aromatic rings. The van der Waals surface area contributed by atoms with Gasteiger partial charge in [-0.3, -0.25) is 0 Å². The van der Waals surface area contributed by atoms with E-state index in [1.807, 2.05) is 57.2 Å². The summed E-state index contributed by atoms with van der Waals surface area (Å²) < 4.78 is 11.2. The van der Waals surface area contributed by atoms with E-state index < -0.39 is 5.97 Å². The van der Waals surface area contributed by atoms with Gasteiger partial charge >= 0.3 is 5.97 Å². The topological polar surface area (TPSA) is 35.5 Å². The van der Waals surface area contributed by atoms with Gasteiger partial charge in [-0.1, -0.05) is 41.4 Å². The molecule has 0 atom stereocenters. The van der Waals surface area contributed by atoms with Crippen molar-refractivity contribution in [1.82, 2.24) is 0 Å². The number of rotatable bonds is 5. The van der Waals surface area contributed by atoms with Gasteiger partial charge in [-0.15, -0.1) is 0 Å². The van der Waals surface area contributed by atoms with E-state index in [2.05, 4.69) is 0 Å². The molecule has 0 aliphatic heterocycles. The molecule has 0 unspecified atom stereocenters. The summed E-state index contributed by atoms with van der Waals surface area (Å²) in [6.45, 7) is 6.24. The van der Waals surface area contributed by atoms with Gasteiger partial charge in [0.15, 0.2) is 0 Å². The van der Waals surface area contributed by atoms with Crippen LogP contribution in [0.25, 0.3) is 0 Å². The number of hydrogen-bond donors (Lipinski definition) is 0. The number of carbonyl (C=O) groups is 1. The second-order valence-corrected chi connectivity index (χ2v) is 6.94. The highest BCUT2D eigenvalue weighted by atomic mass is 35.5. The molecule has 0 aliphatic rings. The van der Waals surface area contributed by atoms with Crippen LogP contribution < -0.4 is 9.47 Å². The van der Waals surface area contributed by atoms with E-state index >= 15 is 0 Å². The van der Waals surface area contributed by atoms with Crippen molar-refractivity contribution in [1.29, 1.82) is 0 Å². The number of carbonyl (C=O) groups excluding carboxylic acids is 1. The van der Waals surface area contributed by atoms with Gasteiger partial charge in [0.2, 0.25) is 0 Å². The maximum absolute atomic E-state index is 12.4. The van der Waals surface area contributed by atoms with Crippen LogP contribution in [0.1, 0.15) is 32.6 Å². The van der Waals surface area contributed by atoms with Crippen LogP contribution in [-0.4, -0.2) is 5.97 Å². The Morgan fingerprint density at radius 3 is 2.04 bits per heavy atom. The minimum Gasteiger partial charge on any atom is -0.489 e. The highest BCUT2D eigenvalue weighted by Gasteiger charge is 2.11. The van der Waals surface area contributed by atoms with Gasteiger partial charge in [-0.05, 0) is 73.9 Å². The van der Waals surface area contributed by atoms with Crippen molar-refractivity contribution in [2.75, 3.05) is 0 Å². The van der Waals surface area contributed by atoms with E-state index in [0.717, 1.165) is 22.4 Å². The molecule has 3 rings (SSSR count). The first-order chi connectivity index (χ1) is 12.9. The zero-order valence-electron chi connectivity index (χ0n) is 15.6. The third kappa shape index (κ3) is 4.89. The summed E-state index contributed by atoms with van der Waals surface area (Å²) in [5.41, 5.74) is 4.41. The Hall–Kier alpha value is -2.78. The van der Waals surface area contributed by atoms with Gasteiger partial charge in [0, 0.05) is 5.02 Å². The molecule has 0 N–H and O–H groups in total. The Labute approximate surface area is 164 Å². The summed E-state index contributed by atoms with van der Waals surface area (Å²) in [5.74, 6) is 0.908. The highest BCUT2D eigenvalue weighted by Crippen LogP contribution is 2.26. The van der Waals surface area contributed by atoms with Crippen LogP contribution in [0.2, 0.25) is 5.02 Å². The highest BCUT2D eigenvalue weighted by molar-refractivity contribution is 6.32. The standard InChI is InChI=1S/C23H21ClO3/c1-15-4-10-20(11-5-15)26-14-18-6-8-19(9-7-18)23(25)27-21-12-16(2)22(24)17(3)13-21/h4-13H,14H2,1-3H3. The number of halogens is 1. The smallest absolute Gasteiger partial charge is 0.343 e. The molecule has 0 aromatic heterocycles. The lowest BCUT2D eigenvalue weighted by molar-refractivity contribution is 0.0734. The number of esters is 1. The molecule has 0 saturated heterocycles. The fourth-order valence-corrected chi connectivity index (χ4v) is 2.78. The lowest BCUT2D eigenvalue weighted by Crippen LogP contribution is -2.09. The Balaban J connectivity index is 1.62. The fourth-order valence-electron chi connectivity index (χ4n) is 2.67. The molecule has 4 heteroatoms. The second kappa shape index (κ2) is 8.28. The first kappa shape index (κ1) is 19.0. The van der Waals surface area contributed by atoms with Gasteiger partial charge in [-0.25, -0.2) is 4.79 Å². The van der Waals surface area contributed by atoms with Gasteiger partial charge in [-0.2, -0.15) is 0 Å². The number of hydrogen-bond acceptors (Lipinski definition) is 3. The summed E-state index contributed by atoms with van der Waals surface area (Å²) in [5, 5.41) is 0.688. The lowest BCUT2D eigenvalue weighted by Gasteiger charge is -2.09. The van der Waals surface area contributed by atoms with Crippen LogP contribution in [0, 0.1) is 20.8 Å². The van der Waals surface area contributed by atoms with E-state index in [1.165, 1.54) is 5.56 Å². The van der Waals surface area contributed by atoms with Gasteiger partial charge in [0.25, 0.3) is 0 Å². The maximum atomic E-state index is 12.4. The summed E-state index contributed by atoms with van der Waals surface area (Å²) in [7, 11) is 0. The number of benzene rings is 3. The van der Waals surface area contributed by atoms with Crippen molar-refractivity contribution in [3.63, 3.8) is 0 Å². The molecule has 0 radical (unpaired) electrons. The molecule has 0 heterocycles. The largest absolute Gasteiger partial charge is 0.489 e. The van der Waals surface area contributed by atoms with Crippen LogP contribution in [0.4, 0.5) is 0 Å². The molecular formula is C23H21ClO3. The molecule has 138 valence electrons. The van der Waals surface area contributed by atoms with Crippen molar-refractivity contribution >= 4 is 17.6 Å². The van der Waals surface area contributed by atoms with Gasteiger partial charge in [0.1, 0.15) is 18.1 Å². The molecule has 3 nitrogen and oxygen atoms in total. The maximum Gasteiger partial charge on any atom is 0.343 e. The SMILES string of the molecule is Cc1ccc(OCc2ccc(C(=O)Oc3cc(C)c(Cl)c(C)c3)cc2)cc1. The van der Waals surface area contributed by atoms with E-state index in [1.54, 1.807) is 24.3 Å². The van der Waals surface area contributed by atoms with E-state index in [9.17, 15) is 4.79 Å². The molecule has 27 heavy (non-hydrogen) atoms. The Kier molecular flexibility index (Phi) is 5.82. The first-order valence-corrected chi connectivity index (χ1v) is 9.07. The minimum atomic E-state index is -0.401. The number of aryl methyl sites for hydroxylation is 3. The monoisotopic (exact) mass is 380 g/mol. The van der Waals surface area contributed by atoms with Crippen molar-refractivity contribution in [3.8, 4) is 11.5 Å². The average Bonchev–Trinajstić information content (AvgIpc) is 2.66. The Morgan fingerprint density at radius 2 is 1.44 bits per heavy atom. The second-order valence-electron chi connectivity index (χ2n) is 6.56. The van der Waals surface area contributed by atoms with Crippen LogP contribution in [-0.2, 0) is 6.61 Å². The van der Waals surface area contributed by atoms with Crippen LogP contribution in [0.5, 0.6) is 11.5 Å². The summed E-state index contributed by atoms with van der Waals surface area (Å²) in [6, 6.07) is 18.6. The van der Waals surface area contributed by atoms with Crippen LogP contribution in [0.3, 0.4) is 0 Å². The lowest BCUT2D eigenvalue weighted by atomic mass is 10.1. The number of ether oxygens (including phenoxy) is 2. The summed E-state index contributed by atoms with van der Waals surface area (Å²) >= 11 is 6.15. The Morgan fingerprint density at radius 1 is 0.852 bits per heavy atom. The van der Waals surface area contributed by atoms with Crippen molar-refractivity contribution in [2.24, 2.45) is 0 Å². The van der Waals surface area contributed by atoms with E-state index in [4.69, 9.17) is 21.1 Å². The molecule has 0 aliphatic carbocycles. The quantitative estimate of drug-likeness (QED) is 0.398. The predicted octanol–water partition coefficient (Wildman–Crippen LogP) is 6.06. The fraction of sp³-hybridized carbons (Fsp3) is 0.174. The van der Waals surface area contributed by atoms with Crippen molar-refractivity contribution in [3.05, 3.63) is 93.5 Å². The third-order valence-corrected chi connectivity index (χ3v) is 4.83. The Bertz CT molecular complexity index is 921. The van der Waals surface area contributed by atoms with Gasteiger partial charge < -0.3 is 9.47 Å². The minimum absolute atomic E-state index is 0.401. The zero-order valence-corrected chi connectivity index (χ0v) is 16.3. The molecule has 3 aromatic carbocycles. The molecule has 0 spiro atoms. The molecular weight excluding hydrogens is 360 g/mol. The predicted molar refractivity (Wildman–Crippen MR) is 108 cm³/mol. The summed E-state index contributed by atoms with van der Waals surface area (Å²) in [4.78, 5) is 12.4.